The number of para-hydroxylation sites is 1. The number of nitrogens with zero attached hydrogens (tertiary/aromatic N) is 3. The molecule has 2 saturated heterocycles. The van der Waals surface area contributed by atoms with Crippen LogP contribution in [-0.2, 0) is 46.0 Å². The predicted octanol–water partition coefficient (Wildman–Crippen LogP) is 5.08. The van der Waals surface area contributed by atoms with Gasteiger partial charge in [-0.05, 0) is 68.3 Å². The van der Waals surface area contributed by atoms with Crippen molar-refractivity contribution in [2.75, 3.05) is 59.5 Å². The van der Waals surface area contributed by atoms with E-state index in [-0.39, 0.29) is 31.3 Å². The molecule has 1 spiro atoms. The van der Waals surface area contributed by atoms with E-state index < -0.39 is 63.7 Å². The van der Waals surface area contributed by atoms with Crippen molar-refractivity contribution in [3.8, 4) is 5.75 Å². The van der Waals surface area contributed by atoms with Gasteiger partial charge >= 0.3 is 17.9 Å². The first kappa shape index (κ1) is 39.9. The molecule has 0 radical (unpaired) electrons. The number of likely N-dealkylation sites (N-methyl/N-ethyl adjacent to an activating group) is 1. The lowest BCUT2D eigenvalue weighted by atomic mass is 9.47. The van der Waals surface area contributed by atoms with Crippen molar-refractivity contribution in [3.63, 3.8) is 0 Å². The van der Waals surface area contributed by atoms with Crippen molar-refractivity contribution in [2.24, 2.45) is 17.3 Å². The lowest BCUT2D eigenvalue weighted by molar-refractivity contribution is -0.228. The Balaban J connectivity index is 1.35. The van der Waals surface area contributed by atoms with Crippen LogP contribution in [0.15, 0.2) is 48.6 Å². The molecule has 1 unspecified atom stereocenters. The molecule has 59 heavy (non-hydrogen) atoms. The van der Waals surface area contributed by atoms with Crippen LogP contribution in [0, 0.1) is 17.3 Å². The van der Waals surface area contributed by atoms with Gasteiger partial charge in [0.15, 0.2) is 6.10 Å². The second kappa shape index (κ2) is 13.5. The number of fused-ring (bicyclic) bond motifs is 6. The summed E-state index contributed by atoms with van der Waals surface area (Å²) in [6, 6.07) is 10.3. The topological polar surface area (TPSA) is 134 Å². The molecule has 3 aromatic rings. The number of ether oxygens (including phenoxy) is 4. The van der Waals surface area contributed by atoms with Gasteiger partial charge in [-0.15, -0.1) is 0 Å². The van der Waals surface area contributed by atoms with Gasteiger partial charge in [0.25, 0.3) is 0 Å². The SMILES string of the molecule is CC[C@]12C=CCN3CC[C@@]4(c5cc([C@@]6(C(=O)OC)C[C@H]7C[C@@H](C(C)(F)F)CN(Cc8c6[nH]c6ccccc86)C7)c(OC)cc5N(C)[C@H]4[C@@](O)(C(=O)OC)[C@H]1OC(C)=O)[C@@H]32. The number of carbonyl (C=O) groups is 3. The van der Waals surface area contributed by atoms with E-state index in [9.17, 15) is 14.7 Å². The number of nitrogens with one attached hydrogen (secondary N) is 1. The van der Waals surface area contributed by atoms with E-state index in [1.807, 2.05) is 67.4 Å². The van der Waals surface area contributed by atoms with Crippen LogP contribution < -0.4 is 9.64 Å². The number of methoxy groups -OCH3 is 3. The molecule has 14 heteroatoms. The number of piperidine rings is 1. The monoisotopic (exact) mass is 816 g/mol. The summed E-state index contributed by atoms with van der Waals surface area (Å²) in [6.45, 7) is 6.55. The summed E-state index contributed by atoms with van der Waals surface area (Å²) in [5.41, 5.74) is -1.64. The van der Waals surface area contributed by atoms with Gasteiger partial charge in [-0.2, -0.15) is 0 Å². The average Bonchev–Trinajstić information content (AvgIpc) is 3.86. The Morgan fingerprint density at radius 2 is 1.78 bits per heavy atom. The quantitative estimate of drug-likeness (QED) is 0.188. The molecule has 2 bridgehead atoms. The lowest BCUT2D eigenvalue weighted by Gasteiger charge is -2.63. The molecule has 9 rings (SSSR count). The highest BCUT2D eigenvalue weighted by Gasteiger charge is 2.80. The first-order chi connectivity index (χ1) is 28.1. The van der Waals surface area contributed by atoms with E-state index in [0.717, 1.165) is 29.0 Å². The molecular formula is C45H54F2N4O8. The maximum atomic E-state index is 15.3. The van der Waals surface area contributed by atoms with Gasteiger partial charge in [0, 0.05) is 96.9 Å². The smallest absolute Gasteiger partial charge is 0.344 e. The minimum Gasteiger partial charge on any atom is -0.496 e. The second-order valence-corrected chi connectivity index (χ2v) is 18.0. The highest BCUT2D eigenvalue weighted by Crippen LogP contribution is 2.68. The van der Waals surface area contributed by atoms with E-state index in [4.69, 9.17) is 18.9 Å². The van der Waals surface area contributed by atoms with Crippen LogP contribution in [-0.4, -0.2) is 122 Å². The first-order valence-corrected chi connectivity index (χ1v) is 20.7. The highest BCUT2D eigenvalue weighted by molar-refractivity contribution is 5.95. The standard InChI is InChI=1S/C45H54F2N4O8/c1-8-42-14-11-16-51-17-15-43(36(42)51)30-19-31(34(56-5)20-33(30)49(4)37(43)45(55,40(54)58-7)38(42)59-25(2)52)44(39(53)57-6)21-26-18-27(41(3,46)47)23-50(22-26)24-29-28-12-9-10-13-32(28)48-35(29)44/h9-14,19-20,26-27,36-38,48,55H,8,15-18,21-24H2,1-7H3/t26-,27-,36+,37-,38+,42-,43-,44+,45+/m1/s1. The molecule has 2 N–H and O–H groups in total. The Bertz CT molecular complexity index is 2270. The molecule has 2 aromatic carbocycles. The van der Waals surface area contributed by atoms with Crippen LogP contribution >= 0.6 is 0 Å². The Kier molecular flexibility index (Phi) is 9.12. The highest BCUT2D eigenvalue weighted by atomic mass is 19.3. The molecule has 1 aliphatic carbocycles. The normalized spacial score (nSPS) is 35.8. The van der Waals surface area contributed by atoms with Crippen molar-refractivity contribution >= 4 is 34.5 Å². The number of H-pyrrole nitrogens is 1. The zero-order valence-corrected chi connectivity index (χ0v) is 34.8. The number of hydrogen-bond donors (Lipinski definition) is 2. The fourth-order valence-corrected chi connectivity index (χ4v) is 13.2. The number of esters is 3. The maximum absolute atomic E-state index is 15.3. The number of hydrogen-bond acceptors (Lipinski definition) is 11. The number of rotatable bonds is 7. The summed E-state index contributed by atoms with van der Waals surface area (Å²) in [4.78, 5) is 52.5. The number of anilines is 1. The van der Waals surface area contributed by atoms with Gasteiger partial charge in [0.1, 0.15) is 11.2 Å². The number of halogens is 2. The maximum Gasteiger partial charge on any atom is 0.344 e. The molecule has 6 aliphatic rings. The summed E-state index contributed by atoms with van der Waals surface area (Å²) >= 11 is 0. The summed E-state index contributed by atoms with van der Waals surface area (Å²) in [5.74, 6) is -5.92. The third kappa shape index (κ3) is 5.17. The van der Waals surface area contributed by atoms with Gasteiger partial charge in [-0.3, -0.25) is 19.4 Å². The van der Waals surface area contributed by atoms with Crippen LogP contribution in [0.25, 0.3) is 10.9 Å². The molecule has 6 heterocycles. The minimum absolute atomic E-state index is 0.155. The average molecular weight is 817 g/mol. The molecule has 0 amide bonds. The van der Waals surface area contributed by atoms with Crippen molar-refractivity contribution in [1.82, 2.24) is 14.8 Å². The summed E-state index contributed by atoms with van der Waals surface area (Å²) < 4.78 is 54.3. The van der Waals surface area contributed by atoms with Crippen molar-refractivity contribution < 1.29 is 47.2 Å². The van der Waals surface area contributed by atoms with Gasteiger partial charge < -0.3 is 33.9 Å². The Morgan fingerprint density at radius 1 is 1.03 bits per heavy atom. The van der Waals surface area contributed by atoms with Gasteiger partial charge in [0.2, 0.25) is 11.5 Å². The lowest BCUT2D eigenvalue weighted by Crippen LogP contribution is -2.81. The number of aromatic amines is 1. The van der Waals surface area contributed by atoms with Crippen molar-refractivity contribution in [2.45, 2.75) is 93.5 Å². The fraction of sp³-hybridized carbons (Fsp3) is 0.578. The minimum atomic E-state index is -2.94. The molecule has 5 aliphatic heterocycles. The number of aromatic nitrogens is 1. The molecule has 10 atom stereocenters. The molecule has 12 nitrogen and oxygen atoms in total. The summed E-state index contributed by atoms with van der Waals surface area (Å²) in [7, 11) is 5.94. The third-order valence-corrected chi connectivity index (χ3v) is 15.3. The molecule has 316 valence electrons. The number of aliphatic hydroxyl groups is 1. The van der Waals surface area contributed by atoms with E-state index in [1.165, 1.54) is 28.3 Å². The fourth-order valence-electron chi connectivity index (χ4n) is 13.2. The van der Waals surface area contributed by atoms with Crippen LogP contribution in [0.4, 0.5) is 14.5 Å². The van der Waals surface area contributed by atoms with Gasteiger partial charge in [-0.1, -0.05) is 37.3 Å². The number of benzene rings is 2. The van der Waals surface area contributed by atoms with Crippen LogP contribution in [0.1, 0.15) is 68.8 Å². The summed E-state index contributed by atoms with van der Waals surface area (Å²) in [6.07, 6.45) is 4.04. The molecule has 1 aromatic heterocycles. The zero-order valence-electron chi connectivity index (χ0n) is 34.8. The van der Waals surface area contributed by atoms with Crippen LogP contribution in [0.2, 0.25) is 0 Å². The Labute approximate surface area is 342 Å². The largest absolute Gasteiger partial charge is 0.496 e. The predicted molar refractivity (Wildman–Crippen MR) is 214 cm³/mol. The van der Waals surface area contributed by atoms with Gasteiger partial charge in [0.05, 0.1) is 27.4 Å². The summed E-state index contributed by atoms with van der Waals surface area (Å²) in [5, 5.41) is 14.2. The molecular weight excluding hydrogens is 763 g/mol. The Morgan fingerprint density at radius 3 is 2.46 bits per heavy atom. The van der Waals surface area contributed by atoms with Crippen molar-refractivity contribution in [1.29, 1.82) is 0 Å². The number of carbonyl (C=O) groups excluding carboxylic acids is 3. The Hall–Kier alpha value is -4.53. The van der Waals surface area contributed by atoms with E-state index in [2.05, 4.69) is 14.8 Å². The third-order valence-electron chi connectivity index (χ3n) is 15.3. The van der Waals surface area contributed by atoms with Crippen molar-refractivity contribution in [3.05, 3.63) is 70.9 Å². The molecule has 1 saturated carbocycles. The van der Waals surface area contributed by atoms with E-state index in [0.29, 0.717) is 61.7 Å². The molecule has 3 fully saturated rings. The second-order valence-electron chi connectivity index (χ2n) is 18.0. The first-order valence-electron chi connectivity index (χ1n) is 20.7. The zero-order chi connectivity index (χ0) is 42.0. The van der Waals surface area contributed by atoms with Crippen LogP contribution in [0.3, 0.4) is 0 Å². The number of alkyl halides is 2. The van der Waals surface area contributed by atoms with Gasteiger partial charge in [-0.25, -0.2) is 13.6 Å². The van der Waals surface area contributed by atoms with E-state index in [1.54, 1.807) is 0 Å². The van der Waals surface area contributed by atoms with Crippen LogP contribution in [0.5, 0.6) is 5.75 Å². The van der Waals surface area contributed by atoms with E-state index >= 15 is 13.6 Å².